The molecule has 0 heterocycles. The van der Waals surface area contributed by atoms with E-state index < -0.39 is 0 Å². The molecule has 2 nitrogen and oxygen atoms in total. The molecule has 19 heavy (non-hydrogen) atoms. The maximum Gasteiger partial charge on any atom is 0.0547 e. The van der Waals surface area contributed by atoms with Crippen LogP contribution in [0.25, 0.3) is 0 Å². The van der Waals surface area contributed by atoms with Gasteiger partial charge in [-0.1, -0.05) is 44.7 Å². The first-order valence-electron chi connectivity index (χ1n) is 7.68. The molecule has 2 N–H and O–H groups in total. The van der Waals surface area contributed by atoms with Crippen LogP contribution < -0.4 is 5.73 Å². The number of nitrogen functional groups attached to an aromatic ring is 1. The summed E-state index contributed by atoms with van der Waals surface area (Å²) in [6.07, 6.45) is 9.00. The standard InChI is InChI=1S/C17H29NO/c1-3-4-5-6-9-15(2)19-13-8-11-16-10-7-12-17(18)14-16/h7,10,12,14-15H,3-6,8-9,11,13,18H2,1-2H3. The lowest BCUT2D eigenvalue weighted by Crippen LogP contribution is -2.09. The molecule has 0 amide bonds. The third-order valence-corrected chi connectivity index (χ3v) is 3.43. The van der Waals surface area contributed by atoms with E-state index in [4.69, 9.17) is 10.5 Å². The second-order valence-electron chi connectivity index (χ2n) is 5.38. The predicted octanol–water partition coefficient (Wildman–Crippen LogP) is 4.58. The first-order valence-corrected chi connectivity index (χ1v) is 7.68. The van der Waals surface area contributed by atoms with Crippen molar-refractivity contribution in [1.29, 1.82) is 0 Å². The maximum absolute atomic E-state index is 5.84. The van der Waals surface area contributed by atoms with Crippen molar-refractivity contribution < 1.29 is 4.74 Å². The SMILES string of the molecule is CCCCCCC(C)OCCCc1cccc(N)c1. The first kappa shape index (κ1) is 16.0. The molecule has 0 spiro atoms. The summed E-state index contributed by atoms with van der Waals surface area (Å²) in [6.45, 7) is 5.28. The van der Waals surface area contributed by atoms with Crippen molar-refractivity contribution in [3.63, 3.8) is 0 Å². The maximum atomic E-state index is 5.84. The molecule has 0 saturated heterocycles. The number of hydrogen-bond acceptors (Lipinski definition) is 2. The van der Waals surface area contributed by atoms with Gasteiger partial charge in [0.1, 0.15) is 0 Å². The van der Waals surface area contributed by atoms with E-state index >= 15 is 0 Å². The number of hydrogen-bond donors (Lipinski definition) is 1. The average molecular weight is 263 g/mol. The molecule has 0 saturated carbocycles. The van der Waals surface area contributed by atoms with Crippen LogP contribution in [0, 0.1) is 0 Å². The van der Waals surface area contributed by atoms with Crippen LogP contribution in [0.4, 0.5) is 5.69 Å². The van der Waals surface area contributed by atoms with Gasteiger partial charge < -0.3 is 10.5 Å². The topological polar surface area (TPSA) is 35.2 Å². The number of unbranched alkanes of at least 4 members (excludes halogenated alkanes) is 3. The van der Waals surface area contributed by atoms with E-state index in [1.165, 1.54) is 37.7 Å². The number of nitrogens with two attached hydrogens (primary N) is 1. The van der Waals surface area contributed by atoms with Crippen molar-refractivity contribution in [3.8, 4) is 0 Å². The average Bonchev–Trinajstić information content (AvgIpc) is 2.40. The fourth-order valence-electron chi connectivity index (χ4n) is 2.25. The van der Waals surface area contributed by atoms with Crippen LogP contribution in [0.5, 0.6) is 0 Å². The van der Waals surface area contributed by atoms with Gasteiger partial charge in [0.25, 0.3) is 0 Å². The van der Waals surface area contributed by atoms with Gasteiger partial charge in [-0.15, -0.1) is 0 Å². The number of benzene rings is 1. The Morgan fingerprint density at radius 1 is 1.16 bits per heavy atom. The van der Waals surface area contributed by atoms with Crippen molar-refractivity contribution in [2.24, 2.45) is 0 Å². The predicted molar refractivity (Wildman–Crippen MR) is 83.3 cm³/mol. The summed E-state index contributed by atoms with van der Waals surface area (Å²) >= 11 is 0. The van der Waals surface area contributed by atoms with Gasteiger partial charge in [-0.25, -0.2) is 0 Å². The van der Waals surface area contributed by atoms with E-state index in [2.05, 4.69) is 19.9 Å². The third kappa shape index (κ3) is 7.89. The van der Waals surface area contributed by atoms with Gasteiger partial charge >= 0.3 is 0 Å². The van der Waals surface area contributed by atoms with E-state index in [-0.39, 0.29) is 0 Å². The van der Waals surface area contributed by atoms with Crippen molar-refractivity contribution >= 4 is 5.69 Å². The minimum absolute atomic E-state index is 0.401. The number of anilines is 1. The monoisotopic (exact) mass is 263 g/mol. The van der Waals surface area contributed by atoms with Gasteiger partial charge in [0.05, 0.1) is 6.10 Å². The van der Waals surface area contributed by atoms with Gasteiger partial charge in [0.15, 0.2) is 0 Å². The van der Waals surface area contributed by atoms with Crippen LogP contribution in [0.1, 0.15) is 57.9 Å². The molecular formula is C17H29NO. The summed E-state index contributed by atoms with van der Waals surface area (Å²) in [5.74, 6) is 0. The molecule has 1 rings (SSSR count). The van der Waals surface area contributed by atoms with Crippen LogP contribution >= 0.6 is 0 Å². The molecule has 1 aromatic carbocycles. The minimum atomic E-state index is 0.401. The molecular weight excluding hydrogens is 234 g/mol. The minimum Gasteiger partial charge on any atom is -0.399 e. The lowest BCUT2D eigenvalue weighted by Gasteiger charge is -2.12. The number of ether oxygens (including phenoxy) is 1. The summed E-state index contributed by atoms with van der Waals surface area (Å²) in [4.78, 5) is 0. The largest absolute Gasteiger partial charge is 0.399 e. The Morgan fingerprint density at radius 3 is 2.74 bits per heavy atom. The first-order chi connectivity index (χ1) is 9.22. The quantitative estimate of drug-likeness (QED) is 0.495. The van der Waals surface area contributed by atoms with Crippen LogP contribution in [0.15, 0.2) is 24.3 Å². The fourth-order valence-corrected chi connectivity index (χ4v) is 2.25. The van der Waals surface area contributed by atoms with Crippen molar-refractivity contribution in [1.82, 2.24) is 0 Å². The van der Waals surface area contributed by atoms with Gasteiger partial charge in [0.2, 0.25) is 0 Å². The van der Waals surface area contributed by atoms with Gasteiger partial charge in [-0.05, 0) is 43.9 Å². The summed E-state index contributed by atoms with van der Waals surface area (Å²) in [6, 6.07) is 8.12. The highest BCUT2D eigenvalue weighted by atomic mass is 16.5. The van der Waals surface area contributed by atoms with Crippen LogP contribution in [0.2, 0.25) is 0 Å². The van der Waals surface area contributed by atoms with Crippen LogP contribution in [0.3, 0.4) is 0 Å². The Morgan fingerprint density at radius 2 is 2.00 bits per heavy atom. The van der Waals surface area contributed by atoms with Crippen molar-refractivity contribution in [2.75, 3.05) is 12.3 Å². The Balaban J connectivity index is 2.03. The summed E-state index contributed by atoms with van der Waals surface area (Å²) < 4.78 is 5.84. The van der Waals surface area contributed by atoms with Crippen LogP contribution in [-0.2, 0) is 11.2 Å². The molecule has 0 fully saturated rings. The molecule has 0 aliphatic carbocycles. The summed E-state index contributed by atoms with van der Waals surface area (Å²) in [7, 11) is 0. The molecule has 0 aromatic heterocycles. The molecule has 0 radical (unpaired) electrons. The molecule has 2 heteroatoms. The Bertz CT molecular complexity index is 338. The van der Waals surface area contributed by atoms with E-state index in [1.54, 1.807) is 0 Å². The number of rotatable bonds is 10. The highest BCUT2D eigenvalue weighted by Gasteiger charge is 2.02. The fraction of sp³-hybridized carbons (Fsp3) is 0.647. The highest BCUT2D eigenvalue weighted by molar-refractivity contribution is 5.40. The normalized spacial score (nSPS) is 12.5. The molecule has 0 aliphatic heterocycles. The number of aryl methyl sites for hydroxylation is 1. The van der Waals surface area contributed by atoms with Gasteiger partial charge in [0, 0.05) is 12.3 Å². The van der Waals surface area contributed by atoms with Crippen LogP contribution in [-0.4, -0.2) is 12.7 Å². The van der Waals surface area contributed by atoms with E-state index in [0.29, 0.717) is 6.10 Å². The second kappa shape index (κ2) is 9.85. The zero-order valence-corrected chi connectivity index (χ0v) is 12.5. The lowest BCUT2D eigenvalue weighted by molar-refractivity contribution is 0.0570. The Hall–Kier alpha value is -1.02. The summed E-state index contributed by atoms with van der Waals surface area (Å²) in [5, 5.41) is 0. The molecule has 1 atom stereocenters. The zero-order valence-electron chi connectivity index (χ0n) is 12.5. The lowest BCUT2D eigenvalue weighted by atomic mass is 10.1. The Kier molecular flexibility index (Phi) is 8.31. The molecule has 1 unspecified atom stereocenters. The molecule has 1 aromatic rings. The van der Waals surface area contributed by atoms with Crippen molar-refractivity contribution in [2.45, 2.75) is 64.9 Å². The van der Waals surface area contributed by atoms with Gasteiger partial charge in [-0.3, -0.25) is 0 Å². The van der Waals surface area contributed by atoms with E-state index in [1.807, 2.05) is 18.2 Å². The molecule has 0 aliphatic rings. The van der Waals surface area contributed by atoms with Gasteiger partial charge in [-0.2, -0.15) is 0 Å². The van der Waals surface area contributed by atoms with E-state index in [0.717, 1.165) is 25.1 Å². The zero-order chi connectivity index (χ0) is 13.9. The second-order valence-corrected chi connectivity index (χ2v) is 5.38. The van der Waals surface area contributed by atoms with E-state index in [9.17, 15) is 0 Å². The third-order valence-electron chi connectivity index (χ3n) is 3.43. The smallest absolute Gasteiger partial charge is 0.0547 e. The Labute approximate surface area is 118 Å². The molecule has 0 bridgehead atoms. The van der Waals surface area contributed by atoms with Crippen molar-refractivity contribution in [3.05, 3.63) is 29.8 Å². The summed E-state index contributed by atoms with van der Waals surface area (Å²) in [5.41, 5.74) is 7.91. The highest BCUT2D eigenvalue weighted by Crippen LogP contribution is 2.11. The molecule has 108 valence electrons.